The van der Waals surface area contributed by atoms with Crippen LogP contribution in [0.1, 0.15) is 29.4 Å². The van der Waals surface area contributed by atoms with E-state index >= 15 is 0 Å². The molecule has 0 aliphatic heterocycles. The van der Waals surface area contributed by atoms with Crippen molar-refractivity contribution in [1.82, 2.24) is 9.97 Å². The molecule has 4 aromatic rings. The molecule has 0 spiro atoms. The van der Waals surface area contributed by atoms with E-state index < -0.39 is 15.3 Å². The topological polar surface area (TPSA) is 370 Å². The number of benzene rings is 2. The van der Waals surface area contributed by atoms with Crippen molar-refractivity contribution in [3.8, 4) is 29.1 Å². The zero-order valence-electron chi connectivity index (χ0n) is 29.7. The Kier molecular flexibility index (Phi) is 41.2. The maximum atomic E-state index is 11.8. The van der Waals surface area contributed by atoms with Gasteiger partial charge in [-0.3, -0.25) is 20.0 Å². The Balaban J connectivity index is -0.000000220. The maximum Gasteiger partial charge on any atom is 3.00 e. The minimum Gasteiger partial charge on any atom is -0.870 e. The quantitative estimate of drug-likeness (QED) is 0.0724. The largest absolute Gasteiger partial charge is 3.00 e. The van der Waals surface area contributed by atoms with Crippen LogP contribution in [0.15, 0.2) is 95.2 Å². The van der Waals surface area contributed by atoms with Gasteiger partial charge in [0.2, 0.25) is 0 Å². The van der Waals surface area contributed by atoms with Crippen LogP contribution < -0.4 is 19.7 Å². The van der Waals surface area contributed by atoms with Gasteiger partial charge in [0, 0.05) is 69.1 Å². The number of aromatic nitrogens is 2. The van der Waals surface area contributed by atoms with Gasteiger partial charge < -0.3 is 71.1 Å². The molecule has 2 aromatic heterocycles. The number of nitriles is 1. The average Bonchev–Trinajstić information content (AvgIpc) is 3.11. The molecule has 0 saturated carbocycles. The van der Waals surface area contributed by atoms with E-state index in [4.69, 9.17) is 60.7 Å². The predicted octanol–water partition coefficient (Wildman–Crippen LogP) is 2.54. The summed E-state index contributed by atoms with van der Waals surface area (Å²) in [5.41, 5.74) is 3.07. The Morgan fingerprint density at radius 3 is 1.21 bits per heavy atom. The van der Waals surface area contributed by atoms with Crippen molar-refractivity contribution in [2.45, 2.75) is 19.8 Å². The Bertz CT molecular complexity index is 1600. The van der Waals surface area contributed by atoms with Crippen LogP contribution in [0, 0.1) is 97.2 Å². The van der Waals surface area contributed by atoms with Crippen molar-refractivity contribution < 1.29 is 96.9 Å². The summed E-state index contributed by atoms with van der Waals surface area (Å²) in [4.78, 5) is 41.7. The monoisotopic (exact) mass is 972 g/mol. The summed E-state index contributed by atoms with van der Waals surface area (Å²) < 4.78 is 9.95. The van der Waals surface area contributed by atoms with E-state index in [9.17, 15) is 10.2 Å². The normalized spacial score (nSPS) is 8.75. The van der Waals surface area contributed by atoms with Gasteiger partial charge in [0.15, 0.2) is 0 Å². The molecule has 2 aromatic carbocycles. The van der Waals surface area contributed by atoms with Crippen LogP contribution in [0.25, 0.3) is 0 Å². The first-order valence-corrected chi connectivity index (χ1v) is 14.5. The number of pyridine rings is 2. The zero-order chi connectivity index (χ0) is 40.4. The van der Waals surface area contributed by atoms with Crippen LogP contribution in [0.2, 0.25) is 0 Å². The maximum absolute atomic E-state index is 11.8. The summed E-state index contributed by atoms with van der Waals surface area (Å²) in [6.07, 6.45) is 8.22. The number of rotatable bonds is 10. The summed E-state index contributed by atoms with van der Waals surface area (Å²) in [7, 11) is 2.97. The number of hydrogen-bond acceptors (Lipinski definition) is 18. The molecule has 0 saturated heterocycles. The first kappa shape index (κ1) is 59.4. The summed E-state index contributed by atoms with van der Waals surface area (Å²) in [6, 6.07) is 23.6. The number of para-hydroxylation sites is 2. The van der Waals surface area contributed by atoms with Crippen LogP contribution >= 0.6 is 0 Å². The SMILES string of the molecule is CC#N.COc1cccc(C=NCCc2ccccn2)c1[O-].COc1cccc(C=NCCc2ccccn2)c1[O-].O=[N+]([O-])[O-].O=[N+]([O-])[O-].O=[N+]([O-])[O-].[Gd+2].[Ni+3].[OH3+]. The van der Waals surface area contributed by atoms with Gasteiger partial charge in [0.1, 0.15) is 11.5 Å². The van der Waals surface area contributed by atoms with E-state index in [1.165, 1.54) is 21.1 Å². The van der Waals surface area contributed by atoms with Crippen LogP contribution in [-0.4, -0.2) is 65.0 Å². The van der Waals surface area contributed by atoms with Crippen molar-refractivity contribution in [2.24, 2.45) is 9.98 Å². The molecule has 24 heteroatoms. The zero-order valence-corrected chi connectivity index (χ0v) is 33.0. The number of hydrogen-bond donors (Lipinski definition) is 0. The molecule has 3 N–H and O–H groups in total. The van der Waals surface area contributed by atoms with Crippen molar-refractivity contribution in [3.05, 3.63) is 154 Å². The van der Waals surface area contributed by atoms with Crippen LogP contribution in [0.5, 0.6) is 23.0 Å². The van der Waals surface area contributed by atoms with Gasteiger partial charge in [-0.1, -0.05) is 47.9 Å². The van der Waals surface area contributed by atoms with Gasteiger partial charge in [-0.25, -0.2) is 0 Å². The van der Waals surface area contributed by atoms with Crippen molar-refractivity contribution in [2.75, 3.05) is 27.3 Å². The molecule has 0 bridgehead atoms. The molecule has 0 aliphatic carbocycles. The third-order valence-corrected chi connectivity index (χ3v) is 5.37. The molecular formula is C32H36GdN8NiO14+. The second kappa shape index (κ2) is 38.9. The summed E-state index contributed by atoms with van der Waals surface area (Å²) in [6.45, 7) is 2.64. The van der Waals surface area contributed by atoms with Gasteiger partial charge in [0.25, 0.3) is 0 Å². The summed E-state index contributed by atoms with van der Waals surface area (Å²) in [5.74, 6) is 0.417. The number of methoxy groups -OCH3 is 2. The second-order valence-corrected chi connectivity index (χ2v) is 8.86. The van der Waals surface area contributed by atoms with E-state index in [2.05, 4.69) is 20.0 Å². The third-order valence-electron chi connectivity index (χ3n) is 5.37. The van der Waals surface area contributed by atoms with Gasteiger partial charge in [-0.2, -0.15) is 5.26 Å². The molecule has 0 aliphatic rings. The van der Waals surface area contributed by atoms with Crippen LogP contribution in [0.4, 0.5) is 0 Å². The van der Waals surface area contributed by atoms with Crippen LogP contribution in [-0.2, 0) is 34.8 Å². The molecule has 0 atom stereocenters. The number of nitrogens with zero attached hydrogens (tertiary/aromatic N) is 8. The fraction of sp³-hybridized carbons (Fsp3) is 0.219. The molecule has 56 heavy (non-hydrogen) atoms. The van der Waals surface area contributed by atoms with E-state index in [1.54, 1.807) is 67.3 Å². The molecule has 0 fully saturated rings. The van der Waals surface area contributed by atoms with E-state index in [1.807, 2.05) is 36.4 Å². The van der Waals surface area contributed by atoms with Crippen molar-refractivity contribution >= 4 is 12.4 Å². The summed E-state index contributed by atoms with van der Waals surface area (Å²) in [5, 5.41) is 75.2. The van der Waals surface area contributed by atoms with E-state index in [0.717, 1.165) is 24.2 Å². The van der Waals surface area contributed by atoms with Gasteiger partial charge >= 0.3 is 56.4 Å². The standard InChI is InChI=1S/2C15H16N2O2.C2H3N.Gd.3NO3.Ni.H2O/c2*1-19-14-7-4-5-12(15(14)18)11-16-10-8-13-6-2-3-9-17-13;1-2-3;;3*2-1(3)4;;/h2*2-7,9,11,18H,8,10H2,1H3;1H3;;;;;;1H2/q;;;+2;3*-1;+3;/p-1. The van der Waals surface area contributed by atoms with Gasteiger partial charge in [0.05, 0.1) is 35.5 Å². The number of ether oxygens (including phenoxy) is 2. The second-order valence-electron chi connectivity index (χ2n) is 8.86. The first-order chi connectivity index (χ1) is 25.2. The van der Waals surface area contributed by atoms with Gasteiger partial charge in [-0.15, -0.1) is 0 Å². The molecular weight excluding hydrogens is 936 g/mol. The molecule has 305 valence electrons. The Hall–Kier alpha value is -5.85. The minimum atomic E-state index is -1.75. The van der Waals surface area contributed by atoms with Gasteiger partial charge in [-0.05, 0) is 47.5 Å². The predicted molar refractivity (Wildman–Crippen MR) is 193 cm³/mol. The first-order valence-electron chi connectivity index (χ1n) is 14.5. The molecule has 0 unspecified atom stereocenters. The Morgan fingerprint density at radius 1 is 0.661 bits per heavy atom. The Morgan fingerprint density at radius 2 is 0.964 bits per heavy atom. The van der Waals surface area contributed by atoms with Crippen LogP contribution in [0.3, 0.4) is 0 Å². The van der Waals surface area contributed by atoms with E-state index in [0.29, 0.717) is 35.7 Å². The molecule has 4 rings (SSSR count). The Labute approximate surface area is 362 Å². The average molecular weight is 973 g/mol. The van der Waals surface area contributed by atoms with E-state index in [-0.39, 0.29) is 73.4 Å². The number of aliphatic imine (C=N–C) groups is 2. The van der Waals surface area contributed by atoms with Crippen molar-refractivity contribution in [1.29, 1.82) is 5.26 Å². The minimum absolute atomic E-state index is 0. The molecule has 22 nitrogen and oxygen atoms in total. The van der Waals surface area contributed by atoms with Crippen molar-refractivity contribution in [3.63, 3.8) is 0 Å². The molecule has 1 radical (unpaired) electrons. The molecule has 0 amide bonds. The fourth-order valence-electron chi connectivity index (χ4n) is 3.37. The summed E-state index contributed by atoms with van der Waals surface area (Å²) >= 11 is 0. The molecule has 2 heterocycles. The fourth-order valence-corrected chi connectivity index (χ4v) is 3.37. The third kappa shape index (κ3) is 33.9. The smallest absolute Gasteiger partial charge is 0.870 e.